The maximum absolute atomic E-state index is 13.0. The zero-order valence-electron chi connectivity index (χ0n) is 15.4. The van der Waals surface area contributed by atoms with Crippen LogP contribution >= 0.6 is 0 Å². The average Bonchev–Trinajstić information content (AvgIpc) is 2.82. The Morgan fingerprint density at radius 2 is 1.65 bits per heavy atom. The minimum absolute atomic E-state index is 0.255. The molecule has 0 aliphatic carbocycles. The first kappa shape index (κ1) is 18.4. The quantitative estimate of drug-likeness (QED) is 0.789. The standard InChI is InChI=1S/C20H21BFNO3/c1-19(2)20(3,4)26-21(25-19)16-7-10-18(15(11-16)12-23)24-13-14-5-8-17(22)9-6-14/h5-11H,13H2,1-4H3. The van der Waals surface area contributed by atoms with Crippen LogP contribution in [0, 0.1) is 17.1 Å². The van der Waals surface area contributed by atoms with Crippen LogP contribution in [0.1, 0.15) is 38.8 Å². The zero-order valence-corrected chi connectivity index (χ0v) is 15.4. The summed E-state index contributed by atoms with van der Waals surface area (Å²) in [7, 11) is -0.529. The summed E-state index contributed by atoms with van der Waals surface area (Å²) >= 11 is 0. The normalized spacial score (nSPS) is 17.8. The number of benzene rings is 2. The highest BCUT2D eigenvalue weighted by Crippen LogP contribution is 2.36. The van der Waals surface area contributed by atoms with Crippen molar-refractivity contribution in [2.45, 2.75) is 45.5 Å². The van der Waals surface area contributed by atoms with Crippen LogP contribution in [0.5, 0.6) is 5.75 Å². The molecule has 1 aliphatic rings. The third-order valence-electron chi connectivity index (χ3n) is 4.96. The second-order valence-corrected chi connectivity index (χ2v) is 7.37. The second kappa shape index (κ2) is 6.75. The Bertz CT molecular complexity index is 827. The second-order valence-electron chi connectivity index (χ2n) is 7.37. The maximum atomic E-state index is 13.0. The molecule has 1 aliphatic heterocycles. The van der Waals surface area contributed by atoms with Gasteiger partial charge in [0.05, 0.1) is 16.8 Å². The lowest BCUT2D eigenvalue weighted by Gasteiger charge is -2.32. The Morgan fingerprint density at radius 3 is 2.23 bits per heavy atom. The van der Waals surface area contributed by atoms with Gasteiger partial charge in [0.2, 0.25) is 0 Å². The van der Waals surface area contributed by atoms with Crippen LogP contribution in [-0.2, 0) is 15.9 Å². The summed E-state index contributed by atoms with van der Waals surface area (Å²) in [6.45, 7) is 8.19. The molecule has 3 rings (SSSR count). The third-order valence-corrected chi connectivity index (χ3v) is 4.96. The molecule has 0 spiro atoms. The van der Waals surface area contributed by atoms with E-state index in [9.17, 15) is 9.65 Å². The fraction of sp³-hybridized carbons (Fsp3) is 0.350. The largest absolute Gasteiger partial charge is 0.494 e. The Morgan fingerprint density at radius 1 is 1.04 bits per heavy atom. The van der Waals surface area contributed by atoms with E-state index < -0.39 is 18.3 Å². The van der Waals surface area contributed by atoms with Gasteiger partial charge in [-0.15, -0.1) is 0 Å². The minimum atomic E-state index is -0.529. The van der Waals surface area contributed by atoms with Crippen molar-refractivity contribution in [1.82, 2.24) is 0 Å². The number of hydrogen-bond donors (Lipinski definition) is 0. The van der Waals surface area contributed by atoms with E-state index >= 15 is 0 Å². The molecular formula is C20H21BFNO3. The lowest BCUT2D eigenvalue weighted by atomic mass is 9.78. The number of halogens is 1. The van der Waals surface area contributed by atoms with Gasteiger partial charge in [0.25, 0.3) is 0 Å². The molecule has 4 nitrogen and oxygen atoms in total. The van der Waals surface area contributed by atoms with Crippen LogP contribution in [0.15, 0.2) is 42.5 Å². The van der Waals surface area contributed by atoms with Crippen LogP contribution in [0.25, 0.3) is 0 Å². The van der Waals surface area contributed by atoms with Crippen molar-refractivity contribution in [1.29, 1.82) is 5.26 Å². The minimum Gasteiger partial charge on any atom is -0.488 e. The van der Waals surface area contributed by atoms with Gasteiger partial charge >= 0.3 is 7.12 Å². The zero-order chi connectivity index (χ0) is 18.9. The first-order valence-corrected chi connectivity index (χ1v) is 8.49. The molecule has 2 aromatic rings. The van der Waals surface area contributed by atoms with Crippen molar-refractivity contribution in [3.8, 4) is 11.8 Å². The monoisotopic (exact) mass is 353 g/mol. The summed E-state index contributed by atoms with van der Waals surface area (Å²) < 4.78 is 30.7. The van der Waals surface area contributed by atoms with Crippen molar-refractivity contribution in [2.75, 3.05) is 0 Å². The van der Waals surface area contributed by atoms with Gasteiger partial charge in [-0.3, -0.25) is 0 Å². The molecule has 2 aromatic carbocycles. The van der Waals surface area contributed by atoms with Crippen molar-refractivity contribution < 1.29 is 18.4 Å². The summed E-state index contributed by atoms with van der Waals surface area (Å²) in [5.74, 6) is 0.176. The number of hydrogen-bond acceptors (Lipinski definition) is 4. The molecule has 0 radical (unpaired) electrons. The fourth-order valence-electron chi connectivity index (χ4n) is 2.63. The molecular weight excluding hydrogens is 332 g/mol. The van der Waals surface area contributed by atoms with Crippen LogP contribution in [-0.4, -0.2) is 18.3 Å². The van der Waals surface area contributed by atoms with Gasteiger partial charge in [0, 0.05) is 0 Å². The Hall–Kier alpha value is -2.36. The van der Waals surface area contributed by atoms with E-state index in [2.05, 4.69) is 6.07 Å². The fourth-order valence-corrected chi connectivity index (χ4v) is 2.63. The summed E-state index contributed by atoms with van der Waals surface area (Å²) in [5, 5.41) is 9.46. The van der Waals surface area contributed by atoms with Crippen molar-refractivity contribution in [3.05, 3.63) is 59.4 Å². The Kier molecular flexibility index (Phi) is 4.79. The first-order valence-electron chi connectivity index (χ1n) is 8.49. The van der Waals surface area contributed by atoms with E-state index in [-0.39, 0.29) is 12.4 Å². The SMILES string of the molecule is CC1(C)OB(c2ccc(OCc3ccc(F)cc3)c(C#N)c2)OC1(C)C. The van der Waals surface area contributed by atoms with Gasteiger partial charge in [0.1, 0.15) is 24.2 Å². The summed E-state index contributed by atoms with van der Waals surface area (Å²) in [6, 6.07) is 13.5. The van der Waals surface area contributed by atoms with Crippen molar-refractivity contribution in [3.63, 3.8) is 0 Å². The summed E-state index contributed by atoms with van der Waals surface area (Å²) in [6.07, 6.45) is 0. The molecule has 0 bridgehead atoms. The van der Waals surface area contributed by atoms with E-state index in [1.807, 2.05) is 33.8 Å². The summed E-state index contributed by atoms with van der Waals surface area (Å²) in [5.41, 5.74) is 1.11. The lowest BCUT2D eigenvalue weighted by molar-refractivity contribution is 0.00578. The number of rotatable bonds is 4. The molecule has 26 heavy (non-hydrogen) atoms. The lowest BCUT2D eigenvalue weighted by Crippen LogP contribution is -2.41. The highest BCUT2D eigenvalue weighted by Gasteiger charge is 2.51. The molecule has 1 saturated heterocycles. The number of ether oxygens (including phenoxy) is 1. The molecule has 0 amide bonds. The van der Waals surface area contributed by atoms with E-state index in [0.29, 0.717) is 11.3 Å². The molecule has 1 fully saturated rings. The van der Waals surface area contributed by atoms with Gasteiger partial charge < -0.3 is 14.0 Å². The molecule has 0 aromatic heterocycles. The van der Waals surface area contributed by atoms with E-state index in [4.69, 9.17) is 14.0 Å². The smallest absolute Gasteiger partial charge is 0.488 e. The van der Waals surface area contributed by atoms with Crippen LogP contribution < -0.4 is 10.2 Å². The molecule has 134 valence electrons. The van der Waals surface area contributed by atoms with Crippen molar-refractivity contribution >= 4 is 12.6 Å². The van der Waals surface area contributed by atoms with Gasteiger partial charge in [-0.05, 0) is 63.0 Å². The average molecular weight is 353 g/mol. The van der Waals surface area contributed by atoms with E-state index in [0.717, 1.165) is 11.0 Å². The molecule has 6 heteroatoms. The molecule has 1 heterocycles. The predicted octanol–water partition coefficient (Wildman–Crippen LogP) is 3.58. The Balaban J connectivity index is 1.76. The van der Waals surface area contributed by atoms with Gasteiger partial charge in [0.15, 0.2) is 0 Å². The molecule has 0 N–H and O–H groups in total. The first-order chi connectivity index (χ1) is 12.2. The van der Waals surface area contributed by atoms with Crippen LogP contribution in [0.4, 0.5) is 4.39 Å². The van der Waals surface area contributed by atoms with Gasteiger partial charge in [-0.2, -0.15) is 5.26 Å². The summed E-state index contributed by atoms with van der Waals surface area (Å²) in [4.78, 5) is 0. The molecule has 0 saturated carbocycles. The predicted molar refractivity (Wildman–Crippen MR) is 97.6 cm³/mol. The topological polar surface area (TPSA) is 51.5 Å². The number of nitriles is 1. The van der Waals surface area contributed by atoms with Crippen molar-refractivity contribution in [2.24, 2.45) is 0 Å². The van der Waals surface area contributed by atoms with Crippen LogP contribution in [0.3, 0.4) is 0 Å². The van der Waals surface area contributed by atoms with E-state index in [1.165, 1.54) is 12.1 Å². The van der Waals surface area contributed by atoms with Crippen LogP contribution in [0.2, 0.25) is 0 Å². The molecule has 0 atom stereocenters. The highest BCUT2D eigenvalue weighted by atomic mass is 19.1. The maximum Gasteiger partial charge on any atom is 0.494 e. The highest BCUT2D eigenvalue weighted by molar-refractivity contribution is 6.62. The number of nitrogens with zero attached hydrogens (tertiary/aromatic N) is 1. The third kappa shape index (κ3) is 3.60. The Labute approximate surface area is 153 Å². The molecule has 0 unspecified atom stereocenters. The van der Waals surface area contributed by atoms with Gasteiger partial charge in [-0.1, -0.05) is 18.2 Å². The van der Waals surface area contributed by atoms with Gasteiger partial charge in [-0.25, -0.2) is 4.39 Å². The van der Waals surface area contributed by atoms with E-state index in [1.54, 1.807) is 24.3 Å².